The lowest BCUT2D eigenvalue weighted by atomic mass is 10.1. The topological polar surface area (TPSA) is 70.0 Å². The van der Waals surface area contributed by atoms with Gasteiger partial charge >= 0.3 is 5.69 Å². The molecule has 0 saturated carbocycles. The zero-order chi connectivity index (χ0) is 15.2. The van der Waals surface area contributed by atoms with Crippen molar-refractivity contribution in [2.24, 2.45) is 0 Å². The molecular formula is C16H21N3O2. The van der Waals surface area contributed by atoms with Gasteiger partial charge in [0.15, 0.2) is 0 Å². The summed E-state index contributed by atoms with van der Waals surface area (Å²) in [7, 11) is 0. The van der Waals surface area contributed by atoms with E-state index in [1.165, 1.54) is 20.9 Å². The van der Waals surface area contributed by atoms with Crippen molar-refractivity contribution in [1.82, 2.24) is 9.13 Å². The highest BCUT2D eigenvalue weighted by Crippen LogP contribution is 2.05. The first-order valence-electron chi connectivity index (χ1n) is 7.27. The minimum atomic E-state index is -0.385. The summed E-state index contributed by atoms with van der Waals surface area (Å²) in [6.45, 7) is 2.77. The van der Waals surface area contributed by atoms with E-state index in [4.69, 9.17) is 5.73 Å². The first kappa shape index (κ1) is 15.1. The van der Waals surface area contributed by atoms with E-state index in [0.717, 1.165) is 19.3 Å². The maximum atomic E-state index is 12.1. The number of nitrogens with two attached hydrogens (primary N) is 1. The van der Waals surface area contributed by atoms with Crippen molar-refractivity contribution in [1.29, 1.82) is 0 Å². The Bertz CT molecular complexity index is 702. The standard InChI is InChI=1S/C16H21N3O2/c1-2-18-12-14(17)15(20)19(16(18)21)11-7-6-10-13-8-4-3-5-9-13/h3-5,8-9,12H,2,6-7,10-11,17H2,1H3. The van der Waals surface area contributed by atoms with Gasteiger partial charge in [0.1, 0.15) is 5.69 Å². The summed E-state index contributed by atoms with van der Waals surface area (Å²) in [5, 5.41) is 0. The molecule has 1 aromatic heterocycles. The fourth-order valence-electron chi connectivity index (χ4n) is 2.34. The molecule has 0 unspecified atom stereocenters. The fourth-order valence-corrected chi connectivity index (χ4v) is 2.34. The summed E-state index contributed by atoms with van der Waals surface area (Å²) >= 11 is 0. The summed E-state index contributed by atoms with van der Waals surface area (Å²) in [6.07, 6.45) is 4.07. The third-order valence-corrected chi connectivity index (χ3v) is 3.54. The summed E-state index contributed by atoms with van der Waals surface area (Å²) in [4.78, 5) is 24.1. The van der Waals surface area contributed by atoms with Gasteiger partial charge in [-0.25, -0.2) is 4.79 Å². The van der Waals surface area contributed by atoms with Gasteiger partial charge in [0.05, 0.1) is 0 Å². The largest absolute Gasteiger partial charge is 0.393 e. The second-order valence-corrected chi connectivity index (χ2v) is 5.05. The van der Waals surface area contributed by atoms with Crippen LogP contribution in [0.4, 0.5) is 5.69 Å². The molecule has 0 aliphatic rings. The van der Waals surface area contributed by atoms with Crippen LogP contribution in [0.1, 0.15) is 25.3 Å². The SMILES string of the molecule is CCn1cc(N)c(=O)n(CCCCc2ccccc2)c1=O. The van der Waals surface area contributed by atoms with Gasteiger partial charge in [0.25, 0.3) is 5.56 Å². The van der Waals surface area contributed by atoms with Gasteiger partial charge in [-0.1, -0.05) is 30.3 Å². The molecule has 2 aromatic rings. The molecule has 1 heterocycles. The molecular weight excluding hydrogens is 266 g/mol. The molecule has 0 fully saturated rings. The minimum Gasteiger partial charge on any atom is -0.393 e. The Balaban J connectivity index is 2.02. The molecule has 0 spiro atoms. The molecule has 112 valence electrons. The maximum Gasteiger partial charge on any atom is 0.331 e. The number of hydrogen-bond acceptors (Lipinski definition) is 3. The molecule has 0 amide bonds. The monoisotopic (exact) mass is 287 g/mol. The number of anilines is 1. The number of aromatic nitrogens is 2. The summed E-state index contributed by atoms with van der Waals surface area (Å²) in [6, 6.07) is 10.2. The van der Waals surface area contributed by atoms with Crippen molar-refractivity contribution in [3.63, 3.8) is 0 Å². The molecule has 0 atom stereocenters. The number of hydrogen-bond donors (Lipinski definition) is 1. The molecule has 2 rings (SSSR count). The highest BCUT2D eigenvalue weighted by atomic mass is 16.2. The molecule has 0 saturated heterocycles. The lowest BCUT2D eigenvalue weighted by Gasteiger charge is -2.10. The van der Waals surface area contributed by atoms with E-state index in [-0.39, 0.29) is 16.9 Å². The molecule has 0 aliphatic heterocycles. The van der Waals surface area contributed by atoms with Crippen molar-refractivity contribution < 1.29 is 0 Å². The Morgan fingerprint density at radius 1 is 1.10 bits per heavy atom. The van der Waals surface area contributed by atoms with Crippen LogP contribution >= 0.6 is 0 Å². The zero-order valence-electron chi connectivity index (χ0n) is 12.3. The van der Waals surface area contributed by atoms with E-state index >= 15 is 0 Å². The van der Waals surface area contributed by atoms with Gasteiger partial charge in [-0.2, -0.15) is 0 Å². The summed E-state index contributed by atoms with van der Waals surface area (Å²) in [5.41, 5.74) is 6.39. The van der Waals surface area contributed by atoms with Crippen LogP contribution in [-0.4, -0.2) is 9.13 Å². The third-order valence-electron chi connectivity index (χ3n) is 3.54. The smallest absolute Gasteiger partial charge is 0.331 e. The highest BCUT2D eigenvalue weighted by molar-refractivity contribution is 5.30. The van der Waals surface area contributed by atoms with Crippen molar-refractivity contribution >= 4 is 5.69 Å². The maximum absolute atomic E-state index is 12.1. The normalized spacial score (nSPS) is 10.7. The molecule has 1 aromatic carbocycles. The van der Waals surface area contributed by atoms with Crippen LogP contribution in [0.15, 0.2) is 46.1 Å². The molecule has 5 heteroatoms. The lowest BCUT2D eigenvalue weighted by Crippen LogP contribution is -2.40. The van der Waals surface area contributed by atoms with Gasteiger partial charge in [-0.3, -0.25) is 13.9 Å². The van der Waals surface area contributed by atoms with Crippen LogP contribution in [0, 0.1) is 0 Å². The van der Waals surface area contributed by atoms with Crippen LogP contribution in [0.5, 0.6) is 0 Å². The molecule has 21 heavy (non-hydrogen) atoms. The highest BCUT2D eigenvalue weighted by Gasteiger charge is 2.08. The summed E-state index contributed by atoms with van der Waals surface area (Å²) < 4.78 is 2.71. The average molecular weight is 287 g/mol. The molecule has 0 bridgehead atoms. The quantitative estimate of drug-likeness (QED) is 0.821. The molecule has 2 N–H and O–H groups in total. The molecule has 0 radical (unpaired) electrons. The molecule has 0 aliphatic carbocycles. The van der Waals surface area contributed by atoms with Crippen LogP contribution in [0.25, 0.3) is 0 Å². The van der Waals surface area contributed by atoms with E-state index in [2.05, 4.69) is 12.1 Å². The van der Waals surface area contributed by atoms with Gasteiger partial charge in [0.2, 0.25) is 0 Å². The van der Waals surface area contributed by atoms with E-state index in [1.807, 2.05) is 25.1 Å². The second kappa shape index (κ2) is 6.92. The van der Waals surface area contributed by atoms with Crippen LogP contribution in [0.3, 0.4) is 0 Å². The van der Waals surface area contributed by atoms with Gasteiger partial charge in [-0.15, -0.1) is 0 Å². The number of benzene rings is 1. The Hall–Kier alpha value is -2.30. The number of aryl methyl sites for hydroxylation is 2. The predicted molar refractivity (Wildman–Crippen MR) is 84.4 cm³/mol. The Kier molecular flexibility index (Phi) is 4.98. The number of rotatable bonds is 6. The minimum absolute atomic E-state index is 0.125. The van der Waals surface area contributed by atoms with E-state index in [0.29, 0.717) is 13.1 Å². The zero-order valence-corrected chi connectivity index (χ0v) is 12.3. The number of unbranched alkanes of at least 4 members (excludes halogenated alkanes) is 1. The van der Waals surface area contributed by atoms with Crippen molar-refractivity contribution in [3.8, 4) is 0 Å². The van der Waals surface area contributed by atoms with Crippen LogP contribution < -0.4 is 17.0 Å². The number of nitrogens with zero attached hydrogens (tertiary/aromatic N) is 2. The first-order valence-corrected chi connectivity index (χ1v) is 7.27. The Morgan fingerprint density at radius 2 is 1.81 bits per heavy atom. The lowest BCUT2D eigenvalue weighted by molar-refractivity contribution is 0.533. The van der Waals surface area contributed by atoms with Gasteiger partial charge < -0.3 is 5.73 Å². The van der Waals surface area contributed by atoms with Crippen LogP contribution in [-0.2, 0) is 19.5 Å². The fraction of sp³-hybridized carbons (Fsp3) is 0.375. The van der Waals surface area contributed by atoms with Crippen LogP contribution in [0.2, 0.25) is 0 Å². The van der Waals surface area contributed by atoms with Crippen molar-refractivity contribution in [3.05, 3.63) is 62.9 Å². The van der Waals surface area contributed by atoms with Gasteiger partial charge in [0, 0.05) is 19.3 Å². The van der Waals surface area contributed by atoms with E-state index in [9.17, 15) is 9.59 Å². The summed E-state index contributed by atoms with van der Waals surface area (Å²) in [5.74, 6) is 0. The third kappa shape index (κ3) is 3.62. The van der Waals surface area contributed by atoms with E-state index in [1.54, 1.807) is 0 Å². The van der Waals surface area contributed by atoms with E-state index < -0.39 is 0 Å². The van der Waals surface area contributed by atoms with Crippen molar-refractivity contribution in [2.75, 3.05) is 5.73 Å². The van der Waals surface area contributed by atoms with Gasteiger partial charge in [-0.05, 0) is 31.7 Å². The molecule has 5 nitrogen and oxygen atoms in total. The average Bonchev–Trinajstić information content (AvgIpc) is 2.51. The Morgan fingerprint density at radius 3 is 2.48 bits per heavy atom. The predicted octanol–water partition coefficient (Wildman–Crippen LogP) is 1.64. The van der Waals surface area contributed by atoms with Crippen molar-refractivity contribution in [2.45, 2.75) is 39.3 Å². The first-order chi connectivity index (χ1) is 10.1. The number of nitrogen functional groups attached to an aromatic ring is 1. The second-order valence-electron chi connectivity index (χ2n) is 5.05. The Labute approximate surface area is 123 Å².